The van der Waals surface area contributed by atoms with E-state index >= 15 is 0 Å². The Bertz CT molecular complexity index is 1060. The van der Waals surface area contributed by atoms with E-state index in [1.165, 1.54) is 11.1 Å². The molecule has 4 nitrogen and oxygen atoms in total. The quantitative estimate of drug-likeness (QED) is 0.405. The first-order valence-corrected chi connectivity index (χ1v) is 10.9. The predicted octanol–water partition coefficient (Wildman–Crippen LogP) is 6.17. The SMILES string of the molecule is CC1(C)Cc2cc(C(=O)O)ccc2NC1c1cccc(NCCCc2ccccc2)c1. The summed E-state index contributed by atoms with van der Waals surface area (Å²) in [5, 5.41) is 16.5. The minimum atomic E-state index is -0.881. The molecule has 0 radical (unpaired) electrons. The molecule has 1 atom stereocenters. The molecule has 31 heavy (non-hydrogen) atoms. The number of fused-ring (bicyclic) bond motifs is 1. The van der Waals surface area contributed by atoms with E-state index in [1.54, 1.807) is 12.1 Å². The maximum Gasteiger partial charge on any atom is 0.335 e. The summed E-state index contributed by atoms with van der Waals surface area (Å²) in [4.78, 5) is 11.3. The molecule has 1 aliphatic rings. The number of anilines is 2. The standard InChI is InChI=1S/C27H30N2O2/c1-27(2)18-22-16-21(26(30)31)13-14-24(22)29-25(27)20-11-6-12-23(17-20)28-15-7-10-19-8-4-3-5-9-19/h3-6,8-9,11-14,16-17,25,28-29H,7,10,15,18H2,1-2H3,(H,30,31). The number of rotatable bonds is 7. The largest absolute Gasteiger partial charge is 0.478 e. The highest BCUT2D eigenvalue weighted by Crippen LogP contribution is 2.45. The molecule has 0 aromatic heterocycles. The van der Waals surface area contributed by atoms with Gasteiger partial charge < -0.3 is 15.7 Å². The van der Waals surface area contributed by atoms with Gasteiger partial charge in [0.05, 0.1) is 11.6 Å². The van der Waals surface area contributed by atoms with Crippen molar-refractivity contribution in [1.82, 2.24) is 0 Å². The lowest BCUT2D eigenvalue weighted by Gasteiger charge is -2.41. The van der Waals surface area contributed by atoms with Crippen molar-refractivity contribution in [1.29, 1.82) is 0 Å². The van der Waals surface area contributed by atoms with Crippen molar-refractivity contribution in [2.45, 2.75) is 39.2 Å². The third kappa shape index (κ3) is 4.91. The van der Waals surface area contributed by atoms with Crippen LogP contribution in [0.4, 0.5) is 11.4 Å². The van der Waals surface area contributed by atoms with Gasteiger partial charge in [-0.2, -0.15) is 0 Å². The Hall–Kier alpha value is -3.27. The zero-order valence-corrected chi connectivity index (χ0v) is 18.2. The van der Waals surface area contributed by atoms with Crippen molar-refractivity contribution in [3.63, 3.8) is 0 Å². The highest BCUT2D eigenvalue weighted by atomic mass is 16.4. The number of hydrogen-bond donors (Lipinski definition) is 3. The molecule has 160 valence electrons. The molecule has 0 saturated heterocycles. The molecule has 0 amide bonds. The van der Waals surface area contributed by atoms with Gasteiger partial charge in [0.1, 0.15) is 0 Å². The van der Waals surface area contributed by atoms with Crippen LogP contribution in [0.15, 0.2) is 72.8 Å². The van der Waals surface area contributed by atoms with Gasteiger partial charge in [0.15, 0.2) is 0 Å². The fourth-order valence-corrected chi connectivity index (χ4v) is 4.49. The van der Waals surface area contributed by atoms with Gasteiger partial charge in [-0.1, -0.05) is 56.3 Å². The van der Waals surface area contributed by atoms with E-state index in [-0.39, 0.29) is 11.5 Å². The molecular weight excluding hydrogens is 384 g/mol. The Morgan fingerprint density at radius 3 is 2.65 bits per heavy atom. The van der Waals surface area contributed by atoms with Gasteiger partial charge in [-0.05, 0) is 71.7 Å². The number of aromatic carboxylic acids is 1. The van der Waals surface area contributed by atoms with Gasteiger partial charge in [0, 0.05) is 17.9 Å². The minimum absolute atomic E-state index is 0.0456. The van der Waals surface area contributed by atoms with E-state index < -0.39 is 5.97 Å². The summed E-state index contributed by atoms with van der Waals surface area (Å²) in [5.74, 6) is -0.881. The summed E-state index contributed by atoms with van der Waals surface area (Å²) in [5.41, 5.74) is 6.14. The highest BCUT2D eigenvalue weighted by Gasteiger charge is 2.36. The summed E-state index contributed by atoms with van der Waals surface area (Å²) in [6.45, 7) is 5.41. The van der Waals surface area contributed by atoms with Crippen LogP contribution in [0.25, 0.3) is 0 Å². The van der Waals surface area contributed by atoms with Gasteiger partial charge in [0.2, 0.25) is 0 Å². The normalized spacial score (nSPS) is 16.8. The number of nitrogens with one attached hydrogen (secondary N) is 2. The van der Waals surface area contributed by atoms with Crippen LogP contribution in [0.1, 0.15) is 53.4 Å². The molecule has 0 spiro atoms. The zero-order valence-electron chi connectivity index (χ0n) is 18.2. The molecular formula is C27H30N2O2. The third-order valence-corrected chi connectivity index (χ3v) is 6.11. The first-order valence-electron chi connectivity index (χ1n) is 10.9. The van der Waals surface area contributed by atoms with Crippen LogP contribution in [0.3, 0.4) is 0 Å². The van der Waals surface area contributed by atoms with E-state index in [1.807, 2.05) is 6.07 Å². The first-order chi connectivity index (χ1) is 14.9. The van der Waals surface area contributed by atoms with Crippen LogP contribution in [0.5, 0.6) is 0 Å². The monoisotopic (exact) mass is 414 g/mol. The van der Waals surface area contributed by atoms with Crippen LogP contribution in [0.2, 0.25) is 0 Å². The molecule has 1 aliphatic heterocycles. The Kier molecular flexibility index (Phi) is 5.99. The molecule has 0 bridgehead atoms. The molecule has 3 aromatic carbocycles. The minimum Gasteiger partial charge on any atom is -0.478 e. The molecule has 3 aromatic rings. The van der Waals surface area contributed by atoms with Crippen LogP contribution in [-0.4, -0.2) is 17.6 Å². The fraction of sp³-hybridized carbons (Fsp3) is 0.296. The van der Waals surface area contributed by atoms with E-state index in [0.717, 1.165) is 42.7 Å². The van der Waals surface area contributed by atoms with Crippen LogP contribution < -0.4 is 10.6 Å². The highest BCUT2D eigenvalue weighted by molar-refractivity contribution is 5.88. The van der Waals surface area contributed by atoms with Crippen molar-refractivity contribution >= 4 is 17.3 Å². The number of carboxylic acid groups (broad SMARTS) is 1. The number of aryl methyl sites for hydroxylation is 1. The summed E-state index contributed by atoms with van der Waals surface area (Å²) < 4.78 is 0. The summed E-state index contributed by atoms with van der Waals surface area (Å²) in [6.07, 6.45) is 2.98. The van der Waals surface area contributed by atoms with Gasteiger partial charge in [0.25, 0.3) is 0 Å². The number of benzene rings is 3. The molecule has 0 aliphatic carbocycles. The topological polar surface area (TPSA) is 61.4 Å². The van der Waals surface area contributed by atoms with Gasteiger partial charge >= 0.3 is 5.97 Å². The van der Waals surface area contributed by atoms with Crippen LogP contribution in [-0.2, 0) is 12.8 Å². The number of carboxylic acids is 1. The first kappa shape index (κ1) is 21.0. The third-order valence-electron chi connectivity index (χ3n) is 6.11. The Morgan fingerprint density at radius 1 is 1.06 bits per heavy atom. The lowest BCUT2D eigenvalue weighted by molar-refractivity contribution is 0.0696. The van der Waals surface area contributed by atoms with Crippen molar-refractivity contribution in [3.8, 4) is 0 Å². The van der Waals surface area contributed by atoms with Crippen molar-refractivity contribution in [2.75, 3.05) is 17.2 Å². The lowest BCUT2D eigenvalue weighted by atomic mass is 9.72. The zero-order chi connectivity index (χ0) is 21.8. The predicted molar refractivity (Wildman–Crippen MR) is 127 cm³/mol. The maximum absolute atomic E-state index is 11.3. The fourth-order valence-electron chi connectivity index (χ4n) is 4.49. The maximum atomic E-state index is 11.3. The van der Waals surface area contributed by atoms with E-state index in [0.29, 0.717) is 5.56 Å². The van der Waals surface area contributed by atoms with Crippen LogP contribution >= 0.6 is 0 Å². The molecule has 1 unspecified atom stereocenters. The molecule has 0 fully saturated rings. The van der Waals surface area contributed by atoms with E-state index in [9.17, 15) is 9.90 Å². The average Bonchev–Trinajstić information content (AvgIpc) is 2.76. The van der Waals surface area contributed by atoms with Crippen LogP contribution in [0, 0.1) is 5.41 Å². The molecule has 0 saturated carbocycles. The molecule has 4 heteroatoms. The van der Waals surface area contributed by atoms with Crippen molar-refractivity contribution < 1.29 is 9.90 Å². The Labute approximate surface area is 184 Å². The molecule has 4 rings (SSSR count). The summed E-state index contributed by atoms with van der Waals surface area (Å²) >= 11 is 0. The lowest BCUT2D eigenvalue weighted by Crippen LogP contribution is -2.35. The average molecular weight is 415 g/mol. The molecule has 1 heterocycles. The second-order valence-corrected chi connectivity index (χ2v) is 9.06. The van der Waals surface area contributed by atoms with Gasteiger partial charge in [-0.15, -0.1) is 0 Å². The molecule has 3 N–H and O–H groups in total. The van der Waals surface area contributed by atoms with Crippen molar-refractivity contribution in [2.24, 2.45) is 5.41 Å². The van der Waals surface area contributed by atoms with E-state index in [2.05, 4.69) is 79.1 Å². The van der Waals surface area contributed by atoms with E-state index in [4.69, 9.17) is 0 Å². The number of hydrogen-bond acceptors (Lipinski definition) is 3. The second kappa shape index (κ2) is 8.84. The smallest absolute Gasteiger partial charge is 0.335 e. The summed E-state index contributed by atoms with van der Waals surface area (Å²) in [7, 11) is 0. The van der Waals surface area contributed by atoms with Gasteiger partial charge in [-0.25, -0.2) is 4.79 Å². The second-order valence-electron chi connectivity index (χ2n) is 9.06. The number of carbonyl (C=O) groups is 1. The summed E-state index contributed by atoms with van der Waals surface area (Å²) in [6, 6.07) is 24.7. The van der Waals surface area contributed by atoms with Crippen molar-refractivity contribution in [3.05, 3.63) is 95.1 Å². The van der Waals surface area contributed by atoms with Gasteiger partial charge in [-0.3, -0.25) is 0 Å². The Morgan fingerprint density at radius 2 is 1.87 bits per heavy atom. The Balaban J connectivity index is 1.44.